The van der Waals surface area contributed by atoms with E-state index in [4.69, 9.17) is 16.7 Å². The van der Waals surface area contributed by atoms with Gasteiger partial charge in [-0.05, 0) is 0 Å². The van der Waals surface area contributed by atoms with Crippen LogP contribution >= 0.6 is 11.6 Å². The first-order chi connectivity index (χ1) is 8.14. The number of rotatable bonds is 1. The van der Waals surface area contributed by atoms with Crippen molar-refractivity contribution in [1.29, 1.82) is 0 Å². The van der Waals surface area contributed by atoms with Gasteiger partial charge in [0.25, 0.3) is 0 Å². The summed E-state index contributed by atoms with van der Waals surface area (Å²) < 4.78 is 58.7. The molecule has 0 fully saturated rings. The smallest absolute Gasteiger partial charge is 0.478 e. The van der Waals surface area contributed by atoms with Crippen LogP contribution in [0.4, 0.5) is 17.6 Å². The van der Waals surface area contributed by atoms with E-state index in [1.165, 1.54) is 0 Å². The Bertz CT molecular complexity index is 532. The van der Waals surface area contributed by atoms with E-state index in [2.05, 4.69) is 9.47 Å². The van der Waals surface area contributed by atoms with Gasteiger partial charge in [-0.25, -0.2) is 4.79 Å². The van der Waals surface area contributed by atoms with Gasteiger partial charge in [-0.15, -0.1) is 0 Å². The second kappa shape index (κ2) is 3.64. The SMILES string of the molecule is O=C(O)c1cc2c(cc1Cl)OC(F)(F)C(F)(F)O2. The molecule has 9 heteroatoms. The molecule has 1 aliphatic heterocycles. The van der Waals surface area contributed by atoms with Gasteiger partial charge < -0.3 is 14.6 Å². The summed E-state index contributed by atoms with van der Waals surface area (Å²) in [6.45, 7) is 0. The Kier molecular flexibility index (Phi) is 2.58. The van der Waals surface area contributed by atoms with Crippen LogP contribution in [0.25, 0.3) is 0 Å². The molecule has 98 valence electrons. The average molecular weight is 287 g/mol. The quantitative estimate of drug-likeness (QED) is 0.806. The van der Waals surface area contributed by atoms with Crippen molar-refractivity contribution < 1.29 is 36.9 Å². The number of hydrogen-bond acceptors (Lipinski definition) is 3. The summed E-state index contributed by atoms with van der Waals surface area (Å²) >= 11 is 5.47. The fraction of sp³-hybridized carbons (Fsp3) is 0.222. The summed E-state index contributed by atoms with van der Waals surface area (Å²) in [5, 5.41) is 8.24. The molecule has 0 amide bonds. The lowest BCUT2D eigenvalue weighted by molar-refractivity contribution is -0.391. The van der Waals surface area contributed by atoms with E-state index >= 15 is 0 Å². The van der Waals surface area contributed by atoms with Crippen LogP contribution in [0.5, 0.6) is 11.5 Å². The van der Waals surface area contributed by atoms with Crippen molar-refractivity contribution in [2.24, 2.45) is 0 Å². The Morgan fingerprint density at radius 3 is 2.00 bits per heavy atom. The number of alkyl halides is 4. The number of hydrogen-bond donors (Lipinski definition) is 1. The highest BCUT2D eigenvalue weighted by Gasteiger charge is 2.66. The van der Waals surface area contributed by atoms with Gasteiger partial charge in [0.2, 0.25) is 0 Å². The lowest BCUT2D eigenvalue weighted by Gasteiger charge is -2.32. The number of carboxylic acids is 1. The van der Waals surface area contributed by atoms with Crippen molar-refractivity contribution in [3.05, 3.63) is 22.7 Å². The Labute approximate surface area is 102 Å². The van der Waals surface area contributed by atoms with Gasteiger partial charge in [-0.1, -0.05) is 11.6 Å². The molecule has 18 heavy (non-hydrogen) atoms. The van der Waals surface area contributed by atoms with Gasteiger partial charge in [-0.2, -0.15) is 17.6 Å². The number of benzene rings is 1. The number of fused-ring (bicyclic) bond motifs is 1. The van der Waals surface area contributed by atoms with E-state index in [0.717, 1.165) is 0 Å². The zero-order valence-electron chi connectivity index (χ0n) is 8.22. The number of aromatic carboxylic acids is 1. The molecule has 1 aromatic carbocycles. The average Bonchev–Trinajstić information content (AvgIpc) is 2.18. The fourth-order valence-corrected chi connectivity index (χ4v) is 1.49. The molecule has 0 saturated carbocycles. The predicted octanol–water partition coefficient (Wildman–Crippen LogP) is 3.00. The summed E-state index contributed by atoms with van der Waals surface area (Å²) in [6, 6.07) is 1.26. The summed E-state index contributed by atoms with van der Waals surface area (Å²) in [5.41, 5.74) is -0.569. The molecular weight excluding hydrogens is 284 g/mol. The van der Waals surface area contributed by atoms with Crippen LogP contribution in [0.3, 0.4) is 0 Å². The summed E-state index contributed by atoms with van der Waals surface area (Å²) in [4.78, 5) is 10.7. The Hall–Kier alpha value is -1.70. The number of halogens is 5. The van der Waals surface area contributed by atoms with Gasteiger partial charge in [0.15, 0.2) is 11.5 Å². The number of carbonyl (C=O) groups is 1. The zero-order chi connectivity index (χ0) is 13.7. The largest absolute Gasteiger partial charge is 0.507 e. The molecule has 0 spiro atoms. The highest BCUT2D eigenvalue weighted by Crippen LogP contribution is 2.48. The summed E-state index contributed by atoms with van der Waals surface area (Å²) in [6.07, 6.45) is -9.77. The van der Waals surface area contributed by atoms with Crippen LogP contribution in [0.1, 0.15) is 10.4 Å². The van der Waals surface area contributed by atoms with Crippen molar-refractivity contribution in [2.45, 2.75) is 12.2 Å². The molecule has 1 aromatic rings. The molecule has 0 bridgehead atoms. The molecule has 1 heterocycles. The van der Waals surface area contributed by atoms with Crippen LogP contribution in [0.2, 0.25) is 5.02 Å². The molecule has 0 aromatic heterocycles. The first kappa shape index (κ1) is 12.7. The number of ether oxygens (including phenoxy) is 2. The molecule has 0 radical (unpaired) electrons. The Morgan fingerprint density at radius 2 is 1.56 bits per heavy atom. The molecular formula is C9H3ClF4O4. The first-order valence-electron chi connectivity index (χ1n) is 4.34. The monoisotopic (exact) mass is 286 g/mol. The molecule has 0 saturated heterocycles. The van der Waals surface area contributed by atoms with Crippen LogP contribution in [-0.2, 0) is 0 Å². The third-order valence-corrected chi connectivity index (χ3v) is 2.39. The molecule has 1 N–H and O–H groups in total. The topological polar surface area (TPSA) is 55.8 Å². The van der Waals surface area contributed by atoms with Crippen LogP contribution < -0.4 is 9.47 Å². The van der Waals surface area contributed by atoms with E-state index in [-0.39, 0.29) is 0 Å². The molecule has 0 aliphatic carbocycles. The standard InChI is InChI=1S/C9H3ClF4O4/c10-4-2-6-5(1-3(4)7(15)16)17-8(11,12)9(13,14)18-6/h1-2H,(H,15,16). The molecule has 2 rings (SSSR count). The minimum atomic E-state index is -4.90. The maximum Gasteiger partial charge on any atom is 0.507 e. The van der Waals surface area contributed by atoms with Gasteiger partial charge in [0.1, 0.15) is 0 Å². The van der Waals surface area contributed by atoms with E-state index in [1.54, 1.807) is 0 Å². The van der Waals surface area contributed by atoms with Gasteiger partial charge in [-0.3, -0.25) is 0 Å². The van der Waals surface area contributed by atoms with E-state index in [0.29, 0.717) is 12.1 Å². The Morgan fingerprint density at radius 1 is 1.11 bits per heavy atom. The summed E-state index contributed by atoms with van der Waals surface area (Å²) in [7, 11) is 0. The normalized spacial score (nSPS) is 19.4. The highest BCUT2D eigenvalue weighted by atomic mass is 35.5. The van der Waals surface area contributed by atoms with Crippen molar-refractivity contribution in [3.63, 3.8) is 0 Å². The van der Waals surface area contributed by atoms with Crippen LogP contribution in [0.15, 0.2) is 12.1 Å². The second-order valence-electron chi connectivity index (χ2n) is 3.32. The van der Waals surface area contributed by atoms with Gasteiger partial charge in [0.05, 0.1) is 10.6 Å². The molecule has 0 atom stereocenters. The lowest BCUT2D eigenvalue weighted by Crippen LogP contribution is -2.52. The minimum Gasteiger partial charge on any atom is -0.478 e. The highest BCUT2D eigenvalue weighted by molar-refractivity contribution is 6.33. The van der Waals surface area contributed by atoms with Crippen molar-refractivity contribution in [2.75, 3.05) is 0 Å². The second-order valence-corrected chi connectivity index (χ2v) is 3.73. The fourth-order valence-electron chi connectivity index (χ4n) is 1.25. The lowest BCUT2D eigenvalue weighted by atomic mass is 10.2. The predicted molar refractivity (Wildman–Crippen MR) is 49.6 cm³/mol. The van der Waals surface area contributed by atoms with Gasteiger partial charge >= 0.3 is 18.2 Å². The number of carboxylic acid groups (broad SMARTS) is 1. The van der Waals surface area contributed by atoms with Crippen molar-refractivity contribution >= 4 is 17.6 Å². The third-order valence-electron chi connectivity index (χ3n) is 2.08. The van der Waals surface area contributed by atoms with E-state index in [1.807, 2.05) is 0 Å². The van der Waals surface area contributed by atoms with E-state index in [9.17, 15) is 22.4 Å². The van der Waals surface area contributed by atoms with Crippen LogP contribution in [0, 0.1) is 0 Å². The zero-order valence-corrected chi connectivity index (χ0v) is 8.97. The minimum absolute atomic E-state index is 0.439. The Balaban J connectivity index is 2.55. The van der Waals surface area contributed by atoms with Crippen molar-refractivity contribution in [3.8, 4) is 11.5 Å². The third kappa shape index (κ3) is 1.82. The van der Waals surface area contributed by atoms with E-state index < -0.39 is 40.3 Å². The maximum absolute atomic E-state index is 12.8. The van der Waals surface area contributed by atoms with Crippen LogP contribution in [-0.4, -0.2) is 23.3 Å². The molecule has 0 unspecified atom stereocenters. The molecule has 1 aliphatic rings. The molecule has 4 nitrogen and oxygen atoms in total. The maximum atomic E-state index is 12.8. The van der Waals surface area contributed by atoms with Crippen molar-refractivity contribution in [1.82, 2.24) is 0 Å². The summed E-state index contributed by atoms with van der Waals surface area (Å²) in [5.74, 6) is -3.11. The van der Waals surface area contributed by atoms with Gasteiger partial charge in [0, 0.05) is 12.1 Å². The first-order valence-corrected chi connectivity index (χ1v) is 4.72.